The molecule has 0 saturated carbocycles. The Labute approximate surface area is 145 Å². The summed E-state index contributed by atoms with van der Waals surface area (Å²) in [6, 6.07) is 12.4. The van der Waals surface area contributed by atoms with Crippen molar-refractivity contribution in [1.29, 1.82) is 0 Å². The van der Waals surface area contributed by atoms with Crippen molar-refractivity contribution in [1.82, 2.24) is 5.01 Å². The molecule has 1 heterocycles. The van der Waals surface area contributed by atoms with Crippen LogP contribution in [0.5, 0.6) is 5.75 Å². The van der Waals surface area contributed by atoms with Crippen LogP contribution in [0.1, 0.15) is 35.7 Å². The van der Waals surface area contributed by atoms with Crippen LogP contribution in [0.4, 0.5) is 4.39 Å². The number of benzene rings is 2. The van der Waals surface area contributed by atoms with E-state index in [2.05, 4.69) is 5.10 Å². The fourth-order valence-corrected chi connectivity index (χ4v) is 2.86. The van der Waals surface area contributed by atoms with Gasteiger partial charge in [0.05, 0.1) is 12.7 Å². The molecule has 1 aliphatic heterocycles. The molecule has 0 radical (unpaired) electrons. The lowest BCUT2D eigenvalue weighted by Gasteiger charge is -2.31. The van der Waals surface area contributed by atoms with Crippen molar-refractivity contribution >= 4 is 11.6 Å². The molecule has 0 aromatic heterocycles. The molecule has 6 heteroatoms. The van der Waals surface area contributed by atoms with Crippen molar-refractivity contribution in [3.8, 4) is 5.75 Å². The number of hydrogen-bond donors (Lipinski definition) is 1. The normalized spacial score (nSPS) is 19.7. The molecule has 1 aliphatic rings. The van der Waals surface area contributed by atoms with Crippen molar-refractivity contribution < 1.29 is 19.0 Å². The predicted molar refractivity (Wildman–Crippen MR) is 91.8 cm³/mol. The number of hydrogen-bond acceptors (Lipinski definition) is 4. The molecule has 0 saturated heterocycles. The highest BCUT2D eigenvalue weighted by Crippen LogP contribution is 2.37. The summed E-state index contributed by atoms with van der Waals surface area (Å²) < 4.78 is 19.2. The molecule has 5 nitrogen and oxygen atoms in total. The molecule has 2 aromatic rings. The molecule has 1 N–H and O–H groups in total. The third-order valence-corrected chi connectivity index (χ3v) is 4.30. The number of carbonyl (C=O) groups is 1. The molecule has 25 heavy (non-hydrogen) atoms. The largest absolute Gasteiger partial charge is 0.497 e. The highest BCUT2D eigenvalue weighted by molar-refractivity contribution is 5.98. The van der Waals surface area contributed by atoms with Gasteiger partial charge in [0.2, 0.25) is 0 Å². The summed E-state index contributed by atoms with van der Waals surface area (Å²) >= 11 is 0. The zero-order valence-electron chi connectivity index (χ0n) is 14.1. The zero-order valence-corrected chi connectivity index (χ0v) is 14.1. The maximum absolute atomic E-state index is 14.0. The minimum absolute atomic E-state index is 0.129. The van der Waals surface area contributed by atoms with E-state index in [0.717, 1.165) is 5.01 Å². The Morgan fingerprint density at radius 1 is 1.28 bits per heavy atom. The number of hydrazone groups is 1. The lowest BCUT2D eigenvalue weighted by molar-refractivity contribution is -0.0767. The fourth-order valence-electron chi connectivity index (χ4n) is 2.86. The number of rotatable bonds is 4. The van der Waals surface area contributed by atoms with Gasteiger partial charge in [-0.25, -0.2) is 4.39 Å². The van der Waals surface area contributed by atoms with Crippen LogP contribution in [-0.2, 0) is 5.72 Å². The van der Waals surface area contributed by atoms with Gasteiger partial charge in [-0.2, -0.15) is 10.1 Å². The Bertz CT molecular complexity index is 820. The summed E-state index contributed by atoms with van der Waals surface area (Å²) in [5, 5.41) is 16.5. The summed E-state index contributed by atoms with van der Waals surface area (Å²) in [6.07, 6.45) is 0.759. The van der Waals surface area contributed by atoms with E-state index in [4.69, 9.17) is 4.74 Å². The lowest BCUT2D eigenvalue weighted by Crippen LogP contribution is -2.43. The Morgan fingerprint density at radius 3 is 2.56 bits per heavy atom. The maximum atomic E-state index is 14.0. The first kappa shape index (κ1) is 17.1. The number of amides is 1. The number of aliphatic hydroxyl groups is 1. The number of halogens is 1. The van der Waals surface area contributed by atoms with Crippen molar-refractivity contribution in [2.45, 2.75) is 25.5 Å². The molecule has 130 valence electrons. The smallest absolute Gasteiger partial charge is 0.279 e. The molecule has 0 bridgehead atoms. The topological polar surface area (TPSA) is 62.1 Å². The molecular weight excluding hydrogens is 323 g/mol. The molecule has 2 aromatic carbocycles. The van der Waals surface area contributed by atoms with Crippen LogP contribution in [0.15, 0.2) is 53.6 Å². The highest BCUT2D eigenvalue weighted by atomic mass is 19.1. The first-order valence-electron chi connectivity index (χ1n) is 8.02. The first-order chi connectivity index (χ1) is 12.0. The SMILES string of the molecule is CCC1=NN(C(=O)c2ccccc2F)C(O)(c2ccc(OC)cc2)C1. The average molecular weight is 342 g/mol. The van der Waals surface area contributed by atoms with Crippen molar-refractivity contribution in [2.75, 3.05) is 7.11 Å². The second kappa shape index (κ2) is 6.64. The van der Waals surface area contributed by atoms with Gasteiger partial charge in [-0.15, -0.1) is 0 Å². The molecule has 1 atom stereocenters. The number of ether oxygens (including phenoxy) is 1. The van der Waals surface area contributed by atoms with Crippen molar-refractivity contribution in [3.63, 3.8) is 0 Å². The number of methoxy groups -OCH3 is 1. The van der Waals surface area contributed by atoms with Crippen LogP contribution < -0.4 is 4.74 Å². The Balaban J connectivity index is 2.03. The van der Waals surface area contributed by atoms with Crippen LogP contribution in [0.3, 0.4) is 0 Å². The van der Waals surface area contributed by atoms with Gasteiger partial charge in [0.15, 0.2) is 5.72 Å². The minimum Gasteiger partial charge on any atom is -0.497 e. The van der Waals surface area contributed by atoms with Gasteiger partial charge in [0.25, 0.3) is 5.91 Å². The zero-order chi connectivity index (χ0) is 18.0. The average Bonchev–Trinajstić information content (AvgIpc) is 3.00. The second-order valence-electron chi connectivity index (χ2n) is 5.84. The van der Waals surface area contributed by atoms with Gasteiger partial charge in [-0.05, 0) is 30.7 Å². The van der Waals surface area contributed by atoms with E-state index in [0.29, 0.717) is 23.4 Å². The molecule has 3 rings (SSSR count). The number of carbonyl (C=O) groups excluding carboxylic acids is 1. The van der Waals surface area contributed by atoms with E-state index in [1.165, 1.54) is 18.2 Å². The van der Waals surface area contributed by atoms with E-state index in [1.807, 2.05) is 6.92 Å². The van der Waals surface area contributed by atoms with E-state index in [-0.39, 0.29) is 12.0 Å². The Morgan fingerprint density at radius 2 is 1.96 bits per heavy atom. The molecule has 0 spiro atoms. The Hall–Kier alpha value is -2.73. The van der Waals surface area contributed by atoms with Crippen LogP contribution in [0, 0.1) is 5.82 Å². The van der Waals surface area contributed by atoms with Gasteiger partial charge < -0.3 is 9.84 Å². The van der Waals surface area contributed by atoms with E-state index >= 15 is 0 Å². The van der Waals surface area contributed by atoms with E-state index in [9.17, 15) is 14.3 Å². The summed E-state index contributed by atoms with van der Waals surface area (Å²) in [5.74, 6) is -0.696. The van der Waals surface area contributed by atoms with Crippen molar-refractivity contribution in [2.24, 2.45) is 5.10 Å². The van der Waals surface area contributed by atoms with Gasteiger partial charge in [0.1, 0.15) is 11.6 Å². The van der Waals surface area contributed by atoms with Gasteiger partial charge in [-0.3, -0.25) is 4.79 Å². The molecular formula is C19H19FN2O3. The standard InChI is InChI=1S/C19H19FN2O3/c1-3-14-12-19(24,13-8-10-15(25-2)11-9-13)22(21-14)18(23)16-6-4-5-7-17(16)20/h4-11,24H,3,12H2,1-2H3. The predicted octanol–water partition coefficient (Wildman–Crippen LogP) is 3.29. The van der Waals surface area contributed by atoms with Crippen molar-refractivity contribution in [3.05, 3.63) is 65.5 Å². The summed E-state index contributed by atoms with van der Waals surface area (Å²) in [6.45, 7) is 1.89. The van der Waals surface area contributed by atoms with Crippen LogP contribution in [0.25, 0.3) is 0 Å². The third-order valence-electron chi connectivity index (χ3n) is 4.30. The second-order valence-corrected chi connectivity index (χ2v) is 5.84. The highest BCUT2D eigenvalue weighted by Gasteiger charge is 2.46. The quantitative estimate of drug-likeness (QED) is 0.927. The summed E-state index contributed by atoms with van der Waals surface area (Å²) in [4.78, 5) is 12.8. The number of nitrogens with zero attached hydrogens (tertiary/aromatic N) is 2. The van der Waals surface area contributed by atoms with Crippen LogP contribution in [-0.4, -0.2) is 28.8 Å². The third kappa shape index (κ3) is 3.00. The first-order valence-corrected chi connectivity index (χ1v) is 8.02. The molecule has 1 amide bonds. The van der Waals surface area contributed by atoms with Crippen LogP contribution in [0.2, 0.25) is 0 Å². The minimum atomic E-state index is -1.66. The lowest BCUT2D eigenvalue weighted by atomic mass is 9.96. The monoisotopic (exact) mass is 342 g/mol. The van der Waals surface area contributed by atoms with Gasteiger partial charge in [0, 0.05) is 17.7 Å². The molecule has 0 fully saturated rings. The fraction of sp³-hybridized carbons (Fsp3) is 0.263. The van der Waals surface area contributed by atoms with Gasteiger partial charge >= 0.3 is 0 Å². The molecule has 0 aliphatic carbocycles. The maximum Gasteiger partial charge on any atom is 0.279 e. The summed E-state index contributed by atoms with van der Waals surface area (Å²) in [7, 11) is 1.55. The van der Waals surface area contributed by atoms with E-state index in [1.54, 1.807) is 37.4 Å². The molecule has 1 unspecified atom stereocenters. The summed E-state index contributed by atoms with van der Waals surface area (Å²) in [5.41, 5.74) is -0.625. The van der Waals surface area contributed by atoms with Gasteiger partial charge in [-0.1, -0.05) is 31.2 Å². The Kier molecular flexibility index (Phi) is 4.55. The van der Waals surface area contributed by atoms with E-state index < -0.39 is 17.4 Å². The van der Waals surface area contributed by atoms with Crippen LogP contribution >= 0.6 is 0 Å².